The Balaban J connectivity index is 2.43. The molecule has 0 radical (unpaired) electrons. The van der Waals surface area contributed by atoms with Gasteiger partial charge in [0.15, 0.2) is 0 Å². The van der Waals surface area contributed by atoms with E-state index in [-0.39, 0.29) is 5.91 Å². The summed E-state index contributed by atoms with van der Waals surface area (Å²) in [4.78, 5) is 36.8. The average Bonchev–Trinajstić information content (AvgIpc) is 2.52. The van der Waals surface area contributed by atoms with E-state index in [2.05, 4.69) is 5.32 Å². The molecule has 25 heavy (non-hydrogen) atoms. The molecule has 8 nitrogen and oxygen atoms in total. The van der Waals surface area contributed by atoms with Crippen molar-refractivity contribution in [2.45, 2.75) is 57.7 Å². The molecule has 0 aromatic carbocycles. The zero-order valence-electron chi connectivity index (χ0n) is 15.1. The van der Waals surface area contributed by atoms with Gasteiger partial charge in [0.05, 0.1) is 0 Å². The highest BCUT2D eigenvalue weighted by Gasteiger charge is 2.34. The third-order valence-corrected chi connectivity index (χ3v) is 4.64. The number of thioether (sulfide) groups is 1. The van der Waals surface area contributed by atoms with E-state index in [1.807, 2.05) is 0 Å². The summed E-state index contributed by atoms with van der Waals surface area (Å²) in [6, 6.07) is -1.41. The number of nitrogens with zero attached hydrogens (tertiary/aromatic N) is 1. The number of amides is 2. The predicted molar refractivity (Wildman–Crippen MR) is 96.5 cm³/mol. The molecule has 1 heterocycles. The van der Waals surface area contributed by atoms with Crippen LogP contribution >= 0.6 is 11.8 Å². The summed E-state index contributed by atoms with van der Waals surface area (Å²) < 4.78 is 5.38. The lowest BCUT2D eigenvalue weighted by molar-refractivity contribution is -0.138. The molecule has 0 aromatic rings. The van der Waals surface area contributed by atoms with Crippen molar-refractivity contribution in [1.82, 2.24) is 10.2 Å². The number of hydrogen-bond acceptors (Lipinski definition) is 6. The fourth-order valence-electron chi connectivity index (χ4n) is 2.30. The third kappa shape index (κ3) is 7.96. The van der Waals surface area contributed by atoms with E-state index in [1.54, 1.807) is 32.5 Å². The van der Waals surface area contributed by atoms with E-state index >= 15 is 0 Å². The molecule has 1 saturated heterocycles. The molecule has 144 valence electrons. The largest absolute Gasteiger partial charge is 0.480 e. The van der Waals surface area contributed by atoms with Crippen molar-refractivity contribution in [3.05, 3.63) is 0 Å². The molecule has 2 unspecified atom stereocenters. The highest BCUT2D eigenvalue weighted by Crippen LogP contribution is 2.20. The number of carbonyl (C=O) groups excluding carboxylic acids is 2. The van der Waals surface area contributed by atoms with Crippen LogP contribution in [0, 0.1) is 0 Å². The van der Waals surface area contributed by atoms with Crippen molar-refractivity contribution in [2.75, 3.05) is 24.6 Å². The normalized spacial score (nSPS) is 19.2. The van der Waals surface area contributed by atoms with Crippen LogP contribution in [-0.4, -0.2) is 70.3 Å². The van der Waals surface area contributed by atoms with Gasteiger partial charge in [-0.1, -0.05) is 0 Å². The molecule has 1 aliphatic rings. The average molecular weight is 375 g/mol. The van der Waals surface area contributed by atoms with Gasteiger partial charge in [0.1, 0.15) is 17.7 Å². The standard InChI is InChI=1S/C16H29N3O5S/c1-16(2,3)24-15(23)19-8-9-25-10-12(19)13(20)18-7-5-4-6-11(17)14(21)22/h11-12H,4-10,17H2,1-3H3,(H,18,20)(H,21,22). The lowest BCUT2D eigenvalue weighted by Crippen LogP contribution is -2.55. The molecule has 4 N–H and O–H groups in total. The maximum absolute atomic E-state index is 12.4. The minimum atomic E-state index is -1.02. The van der Waals surface area contributed by atoms with Gasteiger partial charge in [0.2, 0.25) is 5.91 Å². The van der Waals surface area contributed by atoms with Gasteiger partial charge in [-0.2, -0.15) is 11.8 Å². The van der Waals surface area contributed by atoms with Crippen LogP contribution in [0.25, 0.3) is 0 Å². The summed E-state index contributed by atoms with van der Waals surface area (Å²) in [6.45, 7) is 6.28. The Morgan fingerprint density at radius 1 is 1.36 bits per heavy atom. The first-order valence-electron chi connectivity index (χ1n) is 8.45. The van der Waals surface area contributed by atoms with Gasteiger partial charge in [-0.05, 0) is 40.0 Å². The number of carbonyl (C=O) groups is 3. The molecule has 1 rings (SSSR count). The van der Waals surface area contributed by atoms with Crippen molar-refractivity contribution >= 4 is 29.7 Å². The van der Waals surface area contributed by atoms with E-state index in [9.17, 15) is 14.4 Å². The van der Waals surface area contributed by atoms with Crippen LogP contribution < -0.4 is 11.1 Å². The SMILES string of the molecule is CC(C)(C)OC(=O)N1CCSCC1C(=O)NCCCCC(N)C(=O)O. The number of carboxylic acid groups (broad SMARTS) is 1. The summed E-state index contributed by atoms with van der Waals surface area (Å²) in [5.74, 6) is 0.0855. The molecular formula is C16H29N3O5S. The van der Waals surface area contributed by atoms with Crippen LogP contribution in [0.5, 0.6) is 0 Å². The zero-order chi connectivity index (χ0) is 19.0. The maximum atomic E-state index is 12.4. The molecule has 0 bridgehead atoms. The molecular weight excluding hydrogens is 346 g/mol. The number of nitrogens with one attached hydrogen (secondary N) is 1. The zero-order valence-corrected chi connectivity index (χ0v) is 15.9. The van der Waals surface area contributed by atoms with Crippen LogP contribution in [0.3, 0.4) is 0 Å². The molecule has 0 saturated carbocycles. The van der Waals surface area contributed by atoms with Crippen molar-refractivity contribution in [3.63, 3.8) is 0 Å². The second kappa shape index (κ2) is 9.86. The number of carboxylic acids is 1. The van der Waals surface area contributed by atoms with Crippen molar-refractivity contribution in [3.8, 4) is 0 Å². The Morgan fingerprint density at radius 2 is 2.04 bits per heavy atom. The first kappa shape index (κ1) is 21.6. The van der Waals surface area contributed by atoms with Crippen molar-refractivity contribution < 1.29 is 24.2 Å². The molecule has 0 aliphatic carbocycles. The number of hydrogen-bond donors (Lipinski definition) is 3. The Bertz CT molecular complexity index is 481. The molecule has 0 aromatic heterocycles. The molecule has 9 heteroatoms. The van der Waals surface area contributed by atoms with Crippen LogP contribution in [0.15, 0.2) is 0 Å². The minimum absolute atomic E-state index is 0.208. The second-order valence-electron chi connectivity index (χ2n) is 7.00. The van der Waals surface area contributed by atoms with Gasteiger partial charge in [0, 0.05) is 24.6 Å². The summed E-state index contributed by atoms with van der Waals surface area (Å²) in [5.41, 5.74) is 4.82. The van der Waals surface area contributed by atoms with Crippen LogP contribution in [-0.2, 0) is 14.3 Å². The lowest BCUT2D eigenvalue weighted by Gasteiger charge is -2.35. The first-order chi connectivity index (χ1) is 11.6. The quantitative estimate of drug-likeness (QED) is 0.568. The monoisotopic (exact) mass is 375 g/mol. The highest BCUT2D eigenvalue weighted by molar-refractivity contribution is 7.99. The smallest absolute Gasteiger partial charge is 0.411 e. The van der Waals surface area contributed by atoms with Crippen molar-refractivity contribution in [2.24, 2.45) is 5.73 Å². The Labute approximate surface area is 152 Å². The molecule has 0 spiro atoms. The Hall–Kier alpha value is -1.48. The Kier molecular flexibility index (Phi) is 8.51. The number of ether oxygens (including phenoxy) is 1. The fourth-order valence-corrected chi connectivity index (χ4v) is 3.35. The van der Waals surface area contributed by atoms with Gasteiger partial charge in [-0.3, -0.25) is 14.5 Å². The van der Waals surface area contributed by atoms with E-state index in [4.69, 9.17) is 15.6 Å². The predicted octanol–water partition coefficient (Wildman–Crippen LogP) is 1.04. The highest BCUT2D eigenvalue weighted by atomic mass is 32.2. The summed E-state index contributed by atoms with van der Waals surface area (Å²) in [6.07, 6.45) is 1.15. The first-order valence-corrected chi connectivity index (χ1v) is 9.61. The maximum Gasteiger partial charge on any atom is 0.411 e. The number of rotatable bonds is 7. The van der Waals surface area contributed by atoms with E-state index in [1.165, 1.54) is 4.90 Å². The third-order valence-electron chi connectivity index (χ3n) is 3.62. The second-order valence-corrected chi connectivity index (χ2v) is 8.15. The van der Waals surface area contributed by atoms with Gasteiger partial charge >= 0.3 is 12.1 Å². The van der Waals surface area contributed by atoms with Gasteiger partial charge in [-0.25, -0.2) is 4.79 Å². The van der Waals surface area contributed by atoms with E-state index in [0.717, 1.165) is 5.75 Å². The fraction of sp³-hybridized carbons (Fsp3) is 0.812. The van der Waals surface area contributed by atoms with Crippen LogP contribution in [0.4, 0.5) is 4.79 Å². The number of nitrogens with two attached hydrogens (primary N) is 1. The Morgan fingerprint density at radius 3 is 2.64 bits per heavy atom. The van der Waals surface area contributed by atoms with Crippen LogP contribution in [0.1, 0.15) is 40.0 Å². The summed E-state index contributed by atoms with van der Waals surface area (Å²) >= 11 is 1.63. The van der Waals surface area contributed by atoms with Crippen LogP contribution in [0.2, 0.25) is 0 Å². The topological polar surface area (TPSA) is 122 Å². The number of aliphatic carboxylic acids is 1. The van der Waals surface area contributed by atoms with Gasteiger partial charge in [0.25, 0.3) is 0 Å². The van der Waals surface area contributed by atoms with Gasteiger partial charge in [-0.15, -0.1) is 0 Å². The van der Waals surface area contributed by atoms with E-state index in [0.29, 0.717) is 38.1 Å². The molecule has 2 atom stereocenters. The summed E-state index contributed by atoms with van der Waals surface area (Å²) in [5, 5.41) is 11.5. The van der Waals surface area contributed by atoms with Crippen molar-refractivity contribution in [1.29, 1.82) is 0 Å². The summed E-state index contributed by atoms with van der Waals surface area (Å²) in [7, 11) is 0. The lowest BCUT2D eigenvalue weighted by atomic mass is 10.1. The molecule has 1 aliphatic heterocycles. The van der Waals surface area contributed by atoms with E-state index < -0.39 is 29.7 Å². The molecule has 1 fully saturated rings. The number of unbranched alkanes of at least 4 members (excludes halogenated alkanes) is 1. The minimum Gasteiger partial charge on any atom is -0.480 e. The molecule has 2 amide bonds. The van der Waals surface area contributed by atoms with Gasteiger partial charge < -0.3 is 20.9 Å².